The molecule has 0 saturated carbocycles. The Morgan fingerprint density at radius 2 is 1.43 bits per heavy atom. The van der Waals surface area contributed by atoms with Gasteiger partial charge in [-0.1, -0.05) is 24.3 Å². The minimum absolute atomic E-state index is 0.0924. The van der Waals surface area contributed by atoms with Crippen LogP contribution < -0.4 is 4.72 Å². The number of Topliss-reactive ketones (excluding diaryl/α,β-unsaturated/α-hetero) is 1. The second-order valence-corrected chi connectivity index (χ2v) is 7.77. The van der Waals surface area contributed by atoms with Crippen molar-refractivity contribution in [3.05, 3.63) is 95.6 Å². The molecule has 0 unspecified atom stereocenters. The number of benzene rings is 3. The maximum absolute atomic E-state index is 13.7. The van der Waals surface area contributed by atoms with Crippen LogP contribution in [0.1, 0.15) is 20.7 Å². The molecular formula is C21H15F2NO5S. The van der Waals surface area contributed by atoms with Gasteiger partial charge in [-0.05, 0) is 48.5 Å². The molecule has 0 atom stereocenters. The lowest BCUT2D eigenvalue weighted by Crippen LogP contribution is -2.19. The SMILES string of the molecule is O=C(COC(=O)c1ccccc1NS(=O)(=O)c1ccc(F)cc1)c1ccccc1F. The van der Waals surface area contributed by atoms with Gasteiger partial charge in [-0.15, -0.1) is 0 Å². The van der Waals surface area contributed by atoms with E-state index < -0.39 is 40.0 Å². The summed E-state index contributed by atoms with van der Waals surface area (Å²) in [7, 11) is -4.11. The van der Waals surface area contributed by atoms with Crippen LogP contribution in [0.15, 0.2) is 77.7 Å². The molecule has 1 N–H and O–H groups in total. The zero-order chi connectivity index (χ0) is 21.7. The molecular weight excluding hydrogens is 416 g/mol. The predicted molar refractivity (Wildman–Crippen MR) is 105 cm³/mol. The van der Waals surface area contributed by atoms with Gasteiger partial charge in [0.25, 0.3) is 10.0 Å². The Balaban J connectivity index is 1.76. The third kappa shape index (κ3) is 4.87. The summed E-state index contributed by atoms with van der Waals surface area (Å²) in [6.07, 6.45) is 0. The van der Waals surface area contributed by atoms with Gasteiger partial charge in [0, 0.05) is 0 Å². The average molecular weight is 431 g/mol. The van der Waals surface area contributed by atoms with Crippen molar-refractivity contribution in [1.82, 2.24) is 0 Å². The van der Waals surface area contributed by atoms with Crippen LogP contribution in [-0.4, -0.2) is 26.8 Å². The van der Waals surface area contributed by atoms with E-state index in [1.165, 1.54) is 42.5 Å². The van der Waals surface area contributed by atoms with Gasteiger partial charge in [-0.25, -0.2) is 22.0 Å². The molecule has 0 spiro atoms. The van der Waals surface area contributed by atoms with Crippen LogP contribution in [0.4, 0.5) is 14.5 Å². The average Bonchev–Trinajstić information content (AvgIpc) is 2.72. The van der Waals surface area contributed by atoms with Gasteiger partial charge >= 0.3 is 5.97 Å². The van der Waals surface area contributed by atoms with Crippen molar-refractivity contribution in [3.8, 4) is 0 Å². The van der Waals surface area contributed by atoms with Crippen LogP contribution >= 0.6 is 0 Å². The highest BCUT2D eigenvalue weighted by Gasteiger charge is 2.21. The molecule has 3 rings (SSSR count). The van der Waals surface area contributed by atoms with Gasteiger partial charge in [0.1, 0.15) is 11.6 Å². The van der Waals surface area contributed by atoms with Gasteiger partial charge in [0.05, 0.1) is 21.7 Å². The number of rotatable bonds is 7. The first kappa shape index (κ1) is 21.1. The van der Waals surface area contributed by atoms with E-state index in [1.54, 1.807) is 0 Å². The molecule has 3 aromatic rings. The first-order chi connectivity index (χ1) is 14.3. The Labute approximate surface area is 171 Å². The summed E-state index contributed by atoms with van der Waals surface area (Å²) in [5.41, 5.74) is -0.467. The number of sulfonamides is 1. The van der Waals surface area contributed by atoms with Gasteiger partial charge in [-0.3, -0.25) is 9.52 Å². The topological polar surface area (TPSA) is 89.5 Å². The molecule has 154 valence electrons. The number of halogens is 2. The van der Waals surface area contributed by atoms with E-state index in [0.29, 0.717) is 0 Å². The lowest BCUT2D eigenvalue weighted by molar-refractivity contribution is 0.0474. The normalized spacial score (nSPS) is 11.0. The lowest BCUT2D eigenvalue weighted by Gasteiger charge is -2.12. The molecule has 0 aromatic heterocycles. The second kappa shape index (κ2) is 8.83. The van der Waals surface area contributed by atoms with E-state index in [4.69, 9.17) is 4.74 Å². The summed E-state index contributed by atoms with van der Waals surface area (Å²) in [5, 5.41) is 0. The Kier molecular flexibility index (Phi) is 6.22. The minimum atomic E-state index is -4.11. The number of hydrogen-bond acceptors (Lipinski definition) is 5. The third-order valence-electron chi connectivity index (χ3n) is 4.02. The van der Waals surface area contributed by atoms with Crippen molar-refractivity contribution in [2.75, 3.05) is 11.3 Å². The molecule has 0 bridgehead atoms. The predicted octanol–water partition coefficient (Wildman–Crippen LogP) is 3.81. The monoisotopic (exact) mass is 431 g/mol. The fourth-order valence-electron chi connectivity index (χ4n) is 2.54. The van der Waals surface area contributed by atoms with Crippen molar-refractivity contribution in [1.29, 1.82) is 0 Å². The number of carbonyl (C=O) groups is 2. The number of ketones is 1. The molecule has 0 radical (unpaired) electrons. The van der Waals surface area contributed by atoms with Gasteiger partial charge in [0.2, 0.25) is 5.78 Å². The summed E-state index contributed by atoms with van der Waals surface area (Å²) >= 11 is 0. The van der Waals surface area contributed by atoms with E-state index in [2.05, 4.69) is 4.72 Å². The van der Waals surface area contributed by atoms with Gasteiger partial charge < -0.3 is 4.74 Å². The highest BCUT2D eigenvalue weighted by atomic mass is 32.2. The summed E-state index contributed by atoms with van der Waals surface area (Å²) in [5.74, 6) is -3.06. The minimum Gasteiger partial charge on any atom is -0.454 e. The van der Waals surface area contributed by atoms with E-state index in [9.17, 15) is 26.8 Å². The van der Waals surface area contributed by atoms with E-state index in [1.807, 2.05) is 0 Å². The van der Waals surface area contributed by atoms with Crippen molar-refractivity contribution < 1.29 is 31.5 Å². The summed E-state index contributed by atoms with van der Waals surface area (Å²) in [6.45, 7) is -0.723. The second-order valence-electron chi connectivity index (χ2n) is 6.08. The highest BCUT2D eigenvalue weighted by molar-refractivity contribution is 7.92. The number of ether oxygens (including phenoxy) is 1. The molecule has 3 aromatic carbocycles. The number of hydrogen-bond donors (Lipinski definition) is 1. The first-order valence-electron chi connectivity index (χ1n) is 8.60. The van der Waals surface area contributed by atoms with Crippen LogP contribution in [0.2, 0.25) is 0 Å². The number of anilines is 1. The maximum Gasteiger partial charge on any atom is 0.340 e. The maximum atomic E-state index is 13.7. The van der Waals surface area contributed by atoms with Crippen molar-refractivity contribution in [2.24, 2.45) is 0 Å². The van der Waals surface area contributed by atoms with Gasteiger partial charge in [-0.2, -0.15) is 0 Å². The van der Waals surface area contributed by atoms with Crippen LogP contribution in [0, 0.1) is 11.6 Å². The largest absolute Gasteiger partial charge is 0.454 e. The quantitative estimate of drug-likeness (QED) is 0.454. The molecule has 0 fully saturated rings. The highest BCUT2D eigenvalue weighted by Crippen LogP contribution is 2.21. The zero-order valence-corrected chi connectivity index (χ0v) is 16.2. The molecule has 0 aliphatic rings. The number of carbonyl (C=O) groups excluding carboxylic acids is 2. The Bertz CT molecular complexity index is 1190. The summed E-state index contributed by atoms with van der Waals surface area (Å²) < 4.78 is 58.9. The van der Waals surface area contributed by atoms with Crippen LogP contribution in [-0.2, 0) is 14.8 Å². The van der Waals surface area contributed by atoms with Crippen LogP contribution in [0.3, 0.4) is 0 Å². The third-order valence-corrected chi connectivity index (χ3v) is 5.41. The molecule has 30 heavy (non-hydrogen) atoms. The molecule has 0 amide bonds. The Hall–Kier alpha value is -3.59. The zero-order valence-electron chi connectivity index (χ0n) is 15.3. The standard InChI is InChI=1S/C21H15F2NO5S/c22-14-9-11-15(12-10-14)30(27,28)24-19-8-4-2-6-17(19)21(26)29-13-20(25)16-5-1-3-7-18(16)23/h1-12,24H,13H2. The summed E-state index contributed by atoms with van der Waals surface area (Å²) in [4.78, 5) is 24.3. The molecule has 6 nitrogen and oxygen atoms in total. The van der Waals surface area contributed by atoms with Crippen molar-refractivity contribution >= 4 is 27.5 Å². The molecule has 0 aliphatic heterocycles. The fourth-order valence-corrected chi connectivity index (χ4v) is 3.62. The molecule has 9 heteroatoms. The Morgan fingerprint density at radius 1 is 0.833 bits per heavy atom. The molecule has 0 heterocycles. The van der Waals surface area contributed by atoms with Crippen LogP contribution in [0.5, 0.6) is 0 Å². The molecule has 0 saturated heterocycles. The summed E-state index contributed by atoms with van der Waals surface area (Å²) in [6, 6.07) is 15.0. The van der Waals surface area contributed by atoms with Gasteiger partial charge in [0.15, 0.2) is 6.61 Å². The van der Waals surface area contributed by atoms with E-state index in [-0.39, 0.29) is 21.7 Å². The van der Waals surface area contributed by atoms with E-state index in [0.717, 1.165) is 30.3 Å². The number of esters is 1. The first-order valence-corrected chi connectivity index (χ1v) is 10.1. The Morgan fingerprint density at radius 3 is 2.10 bits per heavy atom. The number of nitrogens with one attached hydrogen (secondary N) is 1. The van der Waals surface area contributed by atoms with Crippen molar-refractivity contribution in [2.45, 2.75) is 4.90 Å². The van der Waals surface area contributed by atoms with Crippen LogP contribution in [0.25, 0.3) is 0 Å². The van der Waals surface area contributed by atoms with Crippen molar-refractivity contribution in [3.63, 3.8) is 0 Å². The smallest absolute Gasteiger partial charge is 0.340 e. The van der Waals surface area contributed by atoms with E-state index >= 15 is 0 Å². The number of para-hydroxylation sites is 1. The fraction of sp³-hybridized carbons (Fsp3) is 0.0476. The lowest BCUT2D eigenvalue weighted by atomic mass is 10.1. The molecule has 0 aliphatic carbocycles.